The lowest BCUT2D eigenvalue weighted by atomic mass is 9.87. The molecule has 3 heterocycles. The zero-order valence-corrected chi connectivity index (χ0v) is 16.4. The molecule has 0 N–H and O–H groups in total. The van der Waals surface area contributed by atoms with Crippen molar-refractivity contribution < 1.29 is 9.53 Å². The minimum Gasteiger partial charge on any atom is -0.379 e. The first-order valence-electron chi connectivity index (χ1n) is 10.6. The summed E-state index contributed by atoms with van der Waals surface area (Å²) in [6.45, 7) is 9.71. The van der Waals surface area contributed by atoms with Gasteiger partial charge in [0.15, 0.2) is 0 Å². The van der Waals surface area contributed by atoms with Crippen LogP contribution in [0.15, 0.2) is 30.3 Å². The number of nitrogens with zero attached hydrogens (tertiary/aromatic N) is 3. The van der Waals surface area contributed by atoms with Gasteiger partial charge in [0.05, 0.1) is 19.1 Å². The standard InChI is InChI=1S/C22H33N3O2/c26-22(25-8-4-5-9-25)21-14-20(16-23-10-12-27-13-11-23)17-24(18-21)15-19-6-2-1-3-7-19/h1-3,6-7,20-21H,4-5,8-18H2/t20-,21-/m1/s1. The molecular formula is C22H33N3O2. The first-order valence-corrected chi connectivity index (χ1v) is 10.6. The van der Waals surface area contributed by atoms with Crippen LogP contribution in [0.3, 0.4) is 0 Å². The summed E-state index contributed by atoms with van der Waals surface area (Å²) in [5.74, 6) is 1.13. The van der Waals surface area contributed by atoms with E-state index in [2.05, 4.69) is 45.0 Å². The summed E-state index contributed by atoms with van der Waals surface area (Å²) in [4.78, 5) is 20.3. The van der Waals surface area contributed by atoms with E-state index in [1.165, 1.54) is 18.4 Å². The van der Waals surface area contributed by atoms with Gasteiger partial charge in [-0.1, -0.05) is 30.3 Å². The highest BCUT2D eigenvalue weighted by molar-refractivity contribution is 5.79. The number of benzene rings is 1. The molecule has 0 aliphatic carbocycles. The summed E-state index contributed by atoms with van der Waals surface area (Å²) < 4.78 is 5.50. The van der Waals surface area contributed by atoms with Crippen LogP contribution in [0.1, 0.15) is 24.8 Å². The lowest BCUT2D eigenvalue weighted by Gasteiger charge is -2.40. The monoisotopic (exact) mass is 371 g/mol. The molecule has 2 atom stereocenters. The highest BCUT2D eigenvalue weighted by Crippen LogP contribution is 2.27. The van der Waals surface area contributed by atoms with Crippen molar-refractivity contribution in [2.24, 2.45) is 11.8 Å². The van der Waals surface area contributed by atoms with E-state index in [1.807, 2.05) is 0 Å². The number of amides is 1. The Balaban J connectivity index is 1.42. The molecule has 1 aromatic rings. The van der Waals surface area contributed by atoms with E-state index in [-0.39, 0.29) is 5.92 Å². The average molecular weight is 372 g/mol. The Morgan fingerprint density at radius 2 is 1.70 bits per heavy atom. The summed E-state index contributed by atoms with van der Waals surface area (Å²) in [6, 6.07) is 10.7. The van der Waals surface area contributed by atoms with Gasteiger partial charge in [-0.3, -0.25) is 14.6 Å². The van der Waals surface area contributed by atoms with E-state index in [0.29, 0.717) is 11.8 Å². The summed E-state index contributed by atoms with van der Waals surface area (Å²) >= 11 is 0. The predicted molar refractivity (Wildman–Crippen MR) is 106 cm³/mol. The molecule has 5 nitrogen and oxygen atoms in total. The van der Waals surface area contributed by atoms with Gasteiger partial charge < -0.3 is 9.64 Å². The normalized spacial score (nSPS) is 27.8. The maximum atomic E-state index is 13.1. The van der Waals surface area contributed by atoms with Crippen molar-refractivity contribution in [1.82, 2.24) is 14.7 Å². The van der Waals surface area contributed by atoms with Crippen molar-refractivity contribution in [3.05, 3.63) is 35.9 Å². The molecule has 1 amide bonds. The van der Waals surface area contributed by atoms with Gasteiger partial charge in [0.1, 0.15) is 0 Å². The third kappa shape index (κ3) is 5.09. The molecule has 0 aromatic heterocycles. The van der Waals surface area contributed by atoms with Crippen LogP contribution in [-0.2, 0) is 16.1 Å². The molecule has 3 aliphatic rings. The summed E-state index contributed by atoms with van der Waals surface area (Å²) in [5, 5.41) is 0. The number of rotatable bonds is 5. The predicted octanol–water partition coefficient (Wildman–Crippen LogP) is 2.08. The highest BCUT2D eigenvalue weighted by atomic mass is 16.5. The number of likely N-dealkylation sites (tertiary alicyclic amines) is 2. The number of ether oxygens (including phenoxy) is 1. The molecule has 0 bridgehead atoms. The van der Waals surface area contributed by atoms with Crippen LogP contribution in [0.25, 0.3) is 0 Å². The summed E-state index contributed by atoms with van der Waals surface area (Å²) in [6.07, 6.45) is 3.38. The van der Waals surface area contributed by atoms with Gasteiger partial charge in [-0.25, -0.2) is 0 Å². The summed E-state index contributed by atoms with van der Waals surface area (Å²) in [7, 11) is 0. The van der Waals surface area contributed by atoms with E-state index in [1.54, 1.807) is 0 Å². The topological polar surface area (TPSA) is 36.0 Å². The molecular weight excluding hydrogens is 338 g/mol. The maximum Gasteiger partial charge on any atom is 0.226 e. The average Bonchev–Trinajstić information content (AvgIpc) is 3.23. The third-order valence-corrected chi connectivity index (χ3v) is 6.25. The van der Waals surface area contributed by atoms with Crippen molar-refractivity contribution >= 4 is 5.91 Å². The molecule has 148 valence electrons. The minimum atomic E-state index is 0.159. The summed E-state index contributed by atoms with van der Waals surface area (Å²) in [5.41, 5.74) is 1.34. The molecule has 1 aromatic carbocycles. The molecule has 0 saturated carbocycles. The molecule has 27 heavy (non-hydrogen) atoms. The molecule has 3 aliphatic heterocycles. The van der Waals surface area contributed by atoms with Crippen LogP contribution in [0.4, 0.5) is 0 Å². The number of carbonyl (C=O) groups excluding carboxylic acids is 1. The van der Waals surface area contributed by atoms with Crippen molar-refractivity contribution in [3.8, 4) is 0 Å². The molecule has 3 saturated heterocycles. The maximum absolute atomic E-state index is 13.1. The molecule has 0 spiro atoms. The second-order valence-corrected chi connectivity index (χ2v) is 8.42. The van der Waals surface area contributed by atoms with Crippen LogP contribution >= 0.6 is 0 Å². The lowest BCUT2D eigenvalue weighted by molar-refractivity contribution is -0.137. The number of carbonyl (C=O) groups is 1. The highest BCUT2D eigenvalue weighted by Gasteiger charge is 2.35. The van der Waals surface area contributed by atoms with E-state index in [0.717, 1.165) is 72.0 Å². The number of piperidine rings is 1. The molecule has 4 rings (SSSR count). The Morgan fingerprint density at radius 1 is 0.963 bits per heavy atom. The largest absolute Gasteiger partial charge is 0.379 e. The van der Waals surface area contributed by atoms with E-state index < -0.39 is 0 Å². The smallest absolute Gasteiger partial charge is 0.226 e. The molecule has 0 unspecified atom stereocenters. The van der Waals surface area contributed by atoms with E-state index in [4.69, 9.17) is 4.74 Å². The van der Waals surface area contributed by atoms with E-state index >= 15 is 0 Å². The van der Waals surface area contributed by atoms with Crippen LogP contribution in [0, 0.1) is 11.8 Å². The van der Waals surface area contributed by atoms with Gasteiger partial charge in [-0.15, -0.1) is 0 Å². The number of morpholine rings is 1. The first-order chi connectivity index (χ1) is 13.3. The number of hydrogen-bond donors (Lipinski definition) is 0. The van der Waals surface area contributed by atoms with Crippen molar-refractivity contribution in [2.75, 3.05) is 59.0 Å². The molecule has 3 fully saturated rings. The van der Waals surface area contributed by atoms with Gasteiger partial charge >= 0.3 is 0 Å². The SMILES string of the molecule is O=C([C@@H]1C[C@H](CN2CCOCC2)CN(Cc2ccccc2)C1)N1CCCC1. The molecule has 5 heteroatoms. The zero-order chi connectivity index (χ0) is 18.5. The fraction of sp³-hybridized carbons (Fsp3) is 0.682. The van der Waals surface area contributed by atoms with Crippen LogP contribution in [0.2, 0.25) is 0 Å². The van der Waals surface area contributed by atoms with Gasteiger partial charge in [0.2, 0.25) is 5.91 Å². The Labute approximate surface area is 163 Å². The van der Waals surface area contributed by atoms with Gasteiger partial charge in [-0.05, 0) is 30.7 Å². The van der Waals surface area contributed by atoms with Crippen LogP contribution in [0.5, 0.6) is 0 Å². The third-order valence-electron chi connectivity index (χ3n) is 6.25. The fourth-order valence-electron chi connectivity index (χ4n) is 4.93. The number of hydrogen-bond acceptors (Lipinski definition) is 4. The zero-order valence-electron chi connectivity index (χ0n) is 16.4. The van der Waals surface area contributed by atoms with Crippen molar-refractivity contribution in [1.29, 1.82) is 0 Å². The fourth-order valence-corrected chi connectivity index (χ4v) is 4.93. The Bertz CT molecular complexity index is 597. The van der Waals surface area contributed by atoms with Gasteiger partial charge in [0.25, 0.3) is 0 Å². The second-order valence-electron chi connectivity index (χ2n) is 8.42. The lowest BCUT2D eigenvalue weighted by Crippen LogP contribution is -2.50. The van der Waals surface area contributed by atoms with Gasteiger partial charge in [0, 0.05) is 52.4 Å². The van der Waals surface area contributed by atoms with Crippen molar-refractivity contribution in [3.63, 3.8) is 0 Å². The van der Waals surface area contributed by atoms with Gasteiger partial charge in [-0.2, -0.15) is 0 Å². The molecule has 0 radical (unpaired) electrons. The first kappa shape index (κ1) is 18.9. The quantitative estimate of drug-likeness (QED) is 0.794. The van der Waals surface area contributed by atoms with E-state index in [9.17, 15) is 4.79 Å². The van der Waals surface area contributed by atoms with Crippen LogP contribution < -0.4 is 0 Å². The Morgan fingerprint density at radius 3 is 2.44 bits per heavy atom. The Kier molecular flexibility index (Phi) is 6.43. The van der Waals surface area contributed by atoms with Crippen molar-refractivity contribution in [2.45, 2.75) is 25.8 Å². The van der Waals surface area contributed by atoms with Crippen LogP contribution in [-0.4, -0.2) is 79.6 Å². The second kappa shape index (κ2) is 9.18. The Hall–Kier alpha value is -1.43. The minimum absolute atomic E-state index is 0.159.